The molecule has 0 amide bonds. The van der Waals surface area contributed by atoms with Gasteiger partial charge in [-0.15, -0.1) is 6.42 Å². The van der Waals surface area contributed by atoms with Crippen molar-refractivity contribution in [3.63, 3.8) is 0 Å². The Labute approximate surface area is 80.6 Å². The van der Waals surface area contributed by atoms with Gasteiger partial charge in [0.05, 0.1) is 0 Å². The molecule has 0 radical (unpaired) electrons. The summed E-state index contributed by atoms with van der Waals surface area (Å²) in [6.07, 6.45) is 6.17. The topological polar surface area (TPSA) is 26.3 Å². The van der Waals surface area contributed by atoms with Gasteiger partial charge < -0.3 is 0 Å². The van der Waals surface area contributed by atoms with Gasteiger partial charge in [0.25, 0.3) is 0 Å². The van der Waals surface area contributed by atoms with Crippen molar-refractivity contribution in [3.05, 3.63) is 35.9 Å². The molecule has 1 aromatic carbocycles. The first kappa shape index (κ1) is 9.97. The van der Waals surface area contributed by atoms with Crippen LogP contribution in [0.1, 0.15) is 11.7 Å². The van der Waals surface area contributed by atoms with Crippen molar-refractivity contribution in [2.75, 3.05) is 6.26 Å². The molecule has 1 rings (SSSR count). The molecular formula is C10H10O2S. The first-order chi connectivity index (χ1) is 6.24. The number of hydrogen-bond donors (Lipinski definition) is 0. The second-order valence-corrected chi connectivity index (χ2v) is 3.45. The van der Waals surface area contributed by atoms with Crippen LogP contribution in [0.2, 0.25) is 0 Å². The summed E-state index contributed by atoms with van der Waals surface area (Å²) >= 11 is -1.34. The molecule has 2 nitrogen and oxygen atoms in total. The maximum absolute atomic E-state index is 10.8. The average Bonchev–Trinajstić information content (AvgIpc) is 2.15. The molecule has 3 heteroatoms. The number of hydrogen-bond acceptors (Lipinski definition) is 2. The fraction of sp³-hybridized carbons (Fsp3) is 0.200. The molecule has 0 saturated carbocycles. The predicted octanol–water partition coefficient (Wildman–Crippen LogP) is 1.67. The second-order valence-electron chi connectivity index (χ2n) is 2.45. The van der Waals surface area contributed by atoms with Crippen molar-refractivity contribution in [2.45, 2.75) is 6.10 Å². The van der Waals surface area contributed by atoms with Crippen molar-refractivity contribution in [2.24, 2.45) is 0 Å². The molecule has 0 spiro atoms. The van der Waals surface area contributed by atoms with Gasteiger partial charge in [0.1, 0.15) is 0 Å². The minimum absolute atomic E-state index is 0.521. The minimum atomic E-state index is -1.34. The zero-order chi connectivity index (χ0) is 9.68. The van der Waals surface area contributed by atoms with Crippen molar-refractivity contribution >= 4 is 11.1 Å². The molecule has 2 atom stereocenters. The van der Waals surface area contributed by atoms with E-state index in [2.05, 4.69) is 5.92 Å². The molecule has 0 aliphatic carbocycles. The molecule has 0 bridgehead atoms. The largest absolute Gasteiger partial charge is 0.269 e. The molecule has 0 aliphatic heterocycles. The van der Waals surface area contributed by atoms with E-state index in [-0.39, 0.29) is 0 Å². The van der Waals surface area contributed by atoms with E-state index in [1.807, 2.05) is 30.3 Å². The SMILES string of the molecule is C#C[C@H](OS(C)=O)c1ccccc1. The third-order valence-electron chi connectivity index (χ3n) is 1.49. The van der Waals surface area contributed by atoms with Crippen LogP contribution in [0, 0.1) is 12.3 Å². The van der Waals surface area contributed by atoms with E-state index in [9.17, 15) is 4.21 Å². The van der Waals surface area contributed by atoms with Crippen LogP contribution in [-0.4, -0.2) is 10.5 Å². The zero-order valence-electron chi connectivity index (χ0n) is 7.27. The van der Waals surface area contributed by atoms with Crippen LogP contribution in [-0.2, 0) is 15.3 Å². The molecule has 0 aromatic heterocycles. The summed E-state index contributed by atoms with van der Waals surface area (Å²) in [7, 11) is 0. The van der Waals surface area contributed by atoms with Gasteiger partial charge in [-0.3, -0.25) is 4.18 Å². The molecule has 0 N–H and O–H groups in total. The highest BCUT2D eigenvalue weighted by atomic mass is 32.2. The summed E-state index contributed by atoms with van der Waals surface area (Å²) in [5.74, 6) is 2.43. The molecule has 0 heterocycles. The van der Waals surface area contributed by atoms with Crippen molar-refractivity contribution in [3.8, 4) is 12.3 Å². The maximum atomic E-state index is 10.8. The summed E-state index contributed by atoms with van der Waals surface area (Å²) in [5.41, 5.74) is 0.847. The van der Waals surface area contributed by atoms with Gasteiger partial charge >= 0.3 is 0 Å². The lowest BCUT2D eigenvalue weighted by atomic mass is 10.1. The van der Waals surface area contributed by atoms with Crippen LogP contribution in [0.15, 0.2) is 30.3 Å². The molecular weight excluding hydrogens is 184 g/mol. The van der Waals surface area contributed by atoms with E-state index in [0.717, 1.165) is 5.56 Å². The fourth-order valence-electron chi connectivity index (χ4n) is 0.943. The van der Waals surface area contributed by atoms with E-state index in [0.29, 0.717) is 0 Å². The second kappa shape index (κ2) is 4.80. The fourth-order valence-corrected chi connectivity index (χ4v) is 1.38. The van der Waals surface area contributed by atoms with Gasteiger partial charge in [0.2, 0.25) is 0 Å². The summed E-state index contributed by atoms with van der Waals surface area (Å²) in [6, 6.07) is 9.30. The smallest absolute Gasteiger partial charge is 0.160 e. The number of terminal acetylenes is 1. The van der Waals surface area contributed by atoms with Gasteiger partial charge in [-0.1, -0.05) is 36.3 Å². The van der Waals surface area contributed by atoms with Gasteiger partial charge in [0.15, 0.2) is 17.2 Å². The highest BCUT2D eigenvalue weighted by Gasteiger charge is 2.09. The van der Waals surface area contributed by atoms with E-state index in [4.69, 9.17) is 10.6 Å². The molecule has 13 heavy (non-hydrogen) atoms. The predicted molar refractivity (Wildman–Crippen MR) is 53.2 cm³/mol. The van der Waals surface area contributed by atoms with Crippen molar-refractivity contribution < 1.29 is 8.39 Å². The molecule has 68 valence electrons. The Morgan fingerprint density at radius 1 is 1.46 bits per heavy atom. The Balaban J connectivity index is 2.80. The Bertz CT molecular complexity index is 327. The molecule has 0 saturated heterocycles. The van der Waals surface area contributed by atoms with Crippen molar-refractivity contribution in [1.29, 1.82) is 0 Å². The third kappa shape index (κ3) is 3.02. The Morgan fingerprint density at radius 2 is 2.08 bits per heavy atom. The standard InChI is InChI=1S/C10H10O2S/c1-3-10(12-13(2)11)9-7-5-4-6-8-9/h1,4-8,10H,2H3/t10-,13?/m0/s1. The van der Waals surface area contributed by atoms with Crippen LogP contribution in [0.25, 0.3) is 0 Å². The number of benzene rings is 1. The summed E-state index contributed by atoms with van der Waals surface area (Å²) in [4.78, 5) is 0. The molecule has 1 unspecified atom stereocenters. The third-order valence-corrected chi connectivity index (χ3v) is 1.95. The average molecular weight is 194 g/mol. The lowest BCUT2D eigenvalue weighted by molar-refractivity contribution is 0.297. The van der Waals surface area contributed by atoms with Crippen LogP contribution >= 0.6 is 0 Å². The summed E-state index contributed by atoms with van der Waals surface area (Å²) in [6.45, 7) is 0. The Hall–Kier alpha value is -1.11. The first-order valence-corrected chi connectivity index (χ1v) is 5.24. The van der Waals surface area contributed by atoms with Crippen LogP contribution < -0.4 is 0 Å². The lowest BCUT2D eigenvalue weighted by Crippen LogP contribution is -2.03. The van der Waals surface area contributed by atoms with Crippen molar-refractivity contribution in [1.82, 2.24) is 0 Å². The number of rotatable bonds is 3. The van der Waals surface area contributed by atoms with Gasteiger partial charge in [0, 0.05) is 6.26 Å². The highest BCUT2D eigenvalue weighted by molar-refractivity contribution is 7.79. The quantitative estimate of drug-likeness (QED) is 0.684. The summed E-state index contributed by atoms with van der Waals surface area (Å²) < 4.78 is 15.8. The maximum Gasteiger partial charge on any atom is 0.160 e. The normalized spacial score (nSPS) is 14.5. The monoisotopic (exact) mass is 194 g/mol. The molecule has 0 fully saturated rings. The van der Waals surface area contributed by atoms with Crippen LogP contribution in [0.5, 0.6) is 0 Å². The van der Waals surface area contributed by atoms with Gasteiger partial charge in [-0.2, -0.15) is 0 Å². The van der Waals surface area contributed by atoms with E-state index >= 15 is 0 Å². The Kier molecular flexibility index (Phi) is 3.69. The van der Waals surface area contributed by atoms with E-state index < -0.39 is 17.2 Å². The van der Waals surface area contributed by atoms with Crippen LogP contribution in [0.4, 0.5) is 0 Å². The lowest BCUT2D eigenvalue weighted by Gasteiger charge is -2.08. The Morgan fingerprint density at radius 3 is 2.54 bits per heavy atom. The van der Waals surface area contributed by atoms with E-state index in [1.165, 1.54) is 6.26 Å². The van der Waals surface area contributed by atoms with Crippen LogP contribution in [0.3, 0.4) is 0 Å². The highest BCUT2D eigenvalue weighted by Crippen LogP contribution is 2.16. The summed E-state index contributed by atoms with van der Waals surface area (Å²) in [5, 5.41) is 0. The zero-order valence-corrected chi connectivity index (χ0v) is 8.08. The van der Waals surface area contributed by atoms with Gasteiger partial charge in [-0.05, 0) is 5.56 Å². The molecule has 0 aliphatic rings. The first-order valence-electron chi connectivity index (χ1n) is 3.75. The van der Waals surface area contributed by atoms with Gasteiger partial charge in [-0.25, -0.2) is 4.21 Å². The van der Waals surface area contributed by atoms with E-state index in [1.54, 1.807) is 0 Å². The molecule has 1 aromatic rings. The minimum Gasteiger partial charge on any atom is -0.269 e.